The van der Waals surface area contributed by atoms with E-state index in [0.717, 1.165) is 5.69 Å². The molecule has 0 radical (unpaired) electrons. The molecule has 0 saturated heterocycles. The van der Waals surface area contributed by atoms with Crippen LogP contribution in [-0.4, -0.2) is 24.0 Å². The molecule has 0 saturated carbocycles. The van der Waals surface area contributed by atoms with Crippen LogP contribution in [0.3, 0.4) is 0 Å². The zero-order chi connectivity index (χ0) is 8.81. The third-order valence-electron chi connectivity index (χ3n) is 1.48. The fourth-order valence-corrected chi connectivity index (χ4v) is 0.925. The molecule has 4 nitrogen and oxygen atoms in total. The number of rotatable bonds is 4. The second kappa shape index (κ2) is 4.56. The van der Waals surface area contributed by atoms with Gasteiger partial charge in [0.1, 0.15) is 0 Å². The molecule has 0 spiro atoms. The lowest BCUT2D eigenvalue weighted by Gasteiger charge is -2.00. The molecular weight excluding hydrogens is 154 g/mol. The maximum absolute atomic E-state index is 11.1. The van der Waals surface area contributed by atoms with Gasteiger partial charge in [-0.05, 0) is 12.1 Å². The molecule has 0 aliphatic rings. The molecule has 0 unspecified atom stereocenters. The van der Waals surface area contributed by atoms with Crippen molar-refractivity contribution in [2.75, 3.05) is 13.1 Å². The molecule has 0 aliphatic carbocycles. The number of nitrogens with two attached hydrogens (primary N) is 1. The molecule has 0 atom stereocenters. The van der Waals surface area contributed by atoms with Crippen molar-refractivity contribution in [3.8, 4) is 0 Å². The van der Waals surface area contributed by atoms with Crippen molar-refractivity contribution >= 4 is 5.91 Å². The normalized spacial score (nSPS) is 9.75. The summed E-state index contributed by atoms with van der Waals surface area (Å²) in [7, 11) is 0. The molecular formula is C8H13N3O. The SMILES string of the molecule is NCCNC(=O)Cc1ccc[nH]1. The lowest BCUT2D eigenvalue weighted by molar-refractivity contribution is -0.120. The zero-order valence-corrected chi connectivity index (χ0v) is 6.84. The lowest BCUT2D eigenvalue weighted by atomic mass is 10.3. The first kappa shape index (κ1) is 8.80. The Morgan fingerprint density at radius 1 is 1.67 bits per heavy atom. The van der Waals surface area contributed by atoms with E-state index in [1.807, 2.05) is 12.1 Å². The van der Waals surface area contributed by atoms with Gasteiger partial charge in [-0.2, -0.15) is 0 Å². The van der Waals surface area contributed by atoms with Crippen LogP contribution in [0.4, 0.5) is 0 Å². The van der Waals surface area contributed by atoms with Crippen molar-refractivity contribution in [2.45, 2.75) is 6.42 Å². The first-order chi connectivity index (χ1) is 5.83. The van der Waals surface area contributed by atoms with Crippen LogP contribution in [0.25, 0.3) is 0 Å². The van der Waals surface area contributed by atoms with E-state index in [2.05, 4.69) is 10.3 Å². The van der Waals surface area contributed by atoms with E-state index in [1.54, 1.807) is 6.20 Å². The number of amides is 1. The highest BCUT2D eigenvalue weighted by atomic mass is 16.1. The molecule has 12 heavy (non-hydrogen) atoms. The van der Waals surface area contributed by atoms with Crippen molar-refractivity contribution in [1.29, 1.82) is 0 Å². The molecule has 66 valence electrons. The summed E-state index contributed by atoms with van der Waals surface area (Å²) in [5, 5.41) is 2.69. The van der Waals surface area contributed by atoms with E-state index in [-0.39, 0.29) is 5.91 Å². The van der Waals surface area contributed by atoms with Gasteiger partial charge in [0.05, 0.1) is 6.42 Å². The maximum Gasteiger partial charge on any atom is 0.225 e. The molecule has 1 aromatic rings. The van der Waals surface area contributed by atoms with Crippen molar-refractivity contribution < 1.29 is 4.79 Å². The molecule has 4 heteroatoms. The molecule has 1 aromatic heterocycles. The van der Waals surface area contributed by atoms with Crippen molar-refractivity contribution in [3.05, 3.63) is 24.0 Å². The van der Waals surface area contributed by atoms with Crippen LogP contribution in [0.2, 0.25) is 0 Å². The number of nitrogens with one attached hydrogen (secondary N) is 2. The van der Waals surface area contributed by atoms with Gasteiger partial charge in [-0.1, -0.05) is 0 Å². The summed E-state index contributed by atoms with van der Waals surface area (Å²) in [6.45, 7) is 1.02. The molecule has 4 N–H and O–H groups in total. The molecule has 0 fully saturated rings. The molecule has 0 aliphatic heterocycles. The summed E-state index contributed by atoms with van der Waals surface area (Å²) >= 11 is 0. The van der Waals surface area contributed by atoms with Crippen LogP contribution in [0.1, 0.15) is 5.69 Å². The Balaban J connectivity index is 2.27. The monoisotopic (exact) mass is 167 g/mol. The van der Waals surface area contributed by atoms with Gasteiger partial charge in [-0.15, -0.1) is 0 Å². The first-order valence-corrected chi connectivity index (χ1v) is 3.92. The van der Waals surface area contributed by atoms with Crippen LogP contribution in [0.15, 0.2) is 18.3 Å². The van der Waals surface area contributed by atoms with Crippen molar-refractivity contribution in [2.24, 2.45) is 5.73 Å². The summed E-state index contributed by atoms with van der Waals surface area (Å²) in [5.41, 5.74) is 6.15. The fraction of sp³-hybridized carbons (Fsp3) is 0.375. The Labute approximate surface area is 71.2 Å². The molecule has 1 heterocycles. The summed E-state index contributed by atoms with van der Waals surface area (Å²) < 4.78 is 0. The minimum Gasteiger partial charge on any atom is -0.365 e. The van der Waals surface area contributed by atoms with Gasteiger partial charge < -0.3 is 16.0 Å². The second-order valence-corrected chi connectivity index (χ2v) is 2.51. The summed E-state index contributed by atoms with van der Waals surface area (Å²) in [4.78, 5) is 14.0. The Bertz CT molecular complexity index is 230. The van der Waals surface area contributed by atoms with Gasteiger partial charge in [0.15, 0.2) is 0 Å². The van der Waals surface area contributed by atoms with E-state index in [9.17, 15) is 4.79 Å². The highest BCUT2D eigenvalue weighted by molar-refractivity contribution is 5.78. The molecule has 1 rings (SSSR count). The highest BCUT2D eigenvalue weighted by Gasteiger charge is 2.01. The summed E-state index contributed by atoms with van der Waals surface area (Å²) in [6, 6.07) is 3.74. The average Bonchev–Trinajstić information content (AvgIpc) is 2.53. The van der Waals surface area contributed by atoms with Crippen LogP contribution >= 0.6 is 0 Å². The van der Waals surface area contributed by atoms with Gasteiger partial charge in [0.2, 0.25) is 5.91 Å². The Morgan fingerprint density at radius 3 is 3.08 bits per heavy atom. The smallest absolute Gasteiger partial charge is 0.225 e. The van der Waals surface area contributed by atoms with Gasteiger partial charge >= 0.3 is 0 Å². The Hall–Kier alpha value is -1.29. The van der Waals surface area contributed by atoms with E-state index in [0.29, 0.717) is 19.5 Å². The van der Waals surface area contributed by atoms with Gasteiger partial charge in [0, 0.05) is 25.0 Å². The number of aromatic nitrogens is 1. The lowest BCUT2D eigenvalue weighted by Crippen LogP contribution is -2.30. The third-order valence-corrected chi connectivity index (χ3v) is 1.48. The number of hydrogen-bond donors (Lipinski definition) is 3. The average molecular weight is 167 g/mol. The fourth-order valence-electron chi connectivity index (χ4n) is 0.925. The van der Waals surface area contributed by atoms with E-state index >= 15 is 0 Å². The third kappa shape index (κ3) is 2.75. The van der Waals surface area contributed by atoms with Crippen LogP contribution in [0.5, 0.6) is 0 Å². The molecule has 0 aromatic carbocycles. The topological polar surface area (TPSA) is 70.9 Å². The predicted molar refractivity (Wildman–Crippen MR) is 46.6 cm³/mol. The number of carbonyl (C=O) groups is 1. The highest BCUT2D eigenvalue weighted by Crippen LogP contribution is 1.94. The Morgan fingerprint density at radius 2 is 2.50 bits per heavy atom. The number of carbonyl (C=O) groups excluding carboxylic acids is 1. The number of aromatic amines is 1. The minimum absolute atomic E-state index is 0.00269. The van der Waals surface area contributed by atoms with Crippen molar-refractivity contribution in [3.63, 3.8) is 0 Å². The van der Waals surface area contributed by atoms with Crippen LogP contribution in [0, 0.1) is 0 Å². The second-order valence-electron chi connectivity index (χ2n) is 2.51. The summed E-state index contributed by atoms with van der Waals surface area (Å²) in [5.74, 6) is 0.00269. The largest absolute Gasteiger partial charge is 0.365 e. The quantitative estimate of drug-likeness (QED) is 0.572. The van der Waals surface area contributed by atoms with Gasteiger partial charge in [-0.25, -0.2) is 0 Å². The summed E-state index contributed by atoms with van der Waals surface area (Å²) in [6.07, 6.45) is 2.19. The number of hydrogen-bond acceptors (Lipinski definition) is 2. The maximum atomic E-state index is 11.1. The van der Waals surface area contributed by atoms with E-state index in [1.165, 1.54) is 0 Å². The predicted octanol–water partition coefficient (Wildman–Crippen LogP) is -0.368. The van der Waals surface area contributed by atoms with Crippen molar-refractivity contribution in [1.82, 2.24) is 10.3 Å². The van der Waals surface area contributed by atoms with Gasteiger partial charge in [0.25, 0.3) is 0 Å². The zero-order valence-electron chi connectivity index (χ0n) is 6.84. The molecule has 0 bridgehead atoms. The standard InChI is InChI=1S/C8H13N3O/c9-3-5-11-8(12)6-7-2-1-4-10-7/h1-2,4,10H,3,5-6,9H2,(H,11,12). The van der Waals surface area contributed by atoms with E-state index < -0.39 is 0 Å². The Kier molecular flexibility index (Phi) is 3.35. The minimum atomic E-state index is 0.00269. The van der Waals surface area contributed by atoms with Crippen LogP contribution in [-0.2, 0) is 11.2 Å². The molecule has 1 amide bonds. The first-order valence-electron chi connectivity index (χ1n) is 3.92. The van der Waals surface area contributed by atoms with Gasteiger partial charge in [-0.3, -0.25) is 4.79 Å². The van der Waals surface area contributed by atoms with E-state index in [4.69, 9.17) is 5.73 Å². The van der Waals surface area contributed by atoms with Crippen LogP contribution < -0.4 is 11.1 Å². The number of H-pyrrole nitrogens is 1.